The molecule has 0 bridgehead atoms. The molecular weight excluding hydrogens is 368 g/mol. The predicted molar refractivity (Wildman–Crippen MR) is 103 cm³/mol. The zero-order valence-electron chi connectivity index (χ0n) is 15.1. The van der Waals surface area contributed by atoms with E-state index in [2.05, 4.69) is 4.98 Å². The third-order valence-corrected chi connectivity index (χ3v) is 7.75. The summed E-state index contributed by atoms with van der Waals surface area (Å²) in [6.45, 7) is 1.71. The Morgan fingerprint density at radius 3 is 2.46 bits per heavy atom. The van der Waals surface area contributed by atoms with E-state index in [0.717, 1.165) is 10.7 Å². The normalized spacial score (nSPS) is 16.1. The topological polar surface area (TPSA) is 67.3 Å². The Hall–Kier alpha value is -1.57. The zero-order valence-corrected chi connectivity index (χ0v) is 16.8. The van der Waals surface area contributed by atoms with Crippen LogP contribution in [0.25, 0.3) is 0 Å². The molecule has 1 aromatic carbocycles. The van der Waals surface area contributed by atoms with Gasteiger partial charge in [-0.2, -0.15) is 4.31 Å². The number of hydrogen-bond acceptors (Lipinski definition) is 5. The SMILES string of the molecule is CC(=O)c1ccc(S(=O)(=O)N(C)Cc2csc(C3CCCCC3)n2)cc1. The second-order valence-electron chi connectivity index (χ2n) is 6.85. The van der Waals surface area contributed by atoms with E-state index in [1.54, 1.807) is 30.5 Å². The molecule has 140 valence electrons. The predicted octanol–water partition coefficient (Wildman–Crippen LogP) is 4.21. The Morgan fingerprint density at radius 2 is 1.85 bits per heavy atom. The second kappa shape index (κ2) is 7.98. The Bertz CT molecular complexity index is 866. The summed E-state index contributed by atoms with van der Waals surface area (Å²) >= 11 is 1.64. The van der Waals surface area contributed by atoms with Gasteiger partial charge >= 0.3 is 0 Å². The Labute approximate surface area is 159 Å². The van der Waals surface area contributed by atoms with Crippen LogP contribution in [0.3, 0.4) is 0 Å². The standard InChI is InChI=1S/C19H24N2O3S2/c1-14(22)15-8-10-18(11-9-15)26(23,24)21(2)12-17-13-25-19(20-17)16-6-4-3-5-7-16/h8-11,13,16H,3-7,12H2,1-2H3. The first-order valence-electron chi connectivity index (χ1n) is 8.89. The second-order valence-corrected chi connectivity index (χ2v) is 9.79. The molecule has 0 radical (unpaired) electrons. The van der Waals surface area contributed by atoms with Gasteiger partial charge in [0.1, 0.15) is 0 Å². The number of ketones is 1. The molecule has 7 heteroatoms. The molecule has 0 aliphatic heterocycles. The molecule has 2 aromatic rings. The van der Waals surface area contributed by atoms with E-state index < -0.39 is 10.0 Å². The van der Waals surface area contributed by atoms with Crippen LogP contribution in [0.5, 0.6) is 0 Å². The summed E-state index contributed by atoms with van der Waals surface area (Å²) in [7, 11) is -2.05. The van der Waals surface area contributed by atoms with E-state index in [0.29, 0.717) is 11.5 Å². The van der Waals surface area contributed by atoms with Gasteiger partial charge in [0.2, 0.25) is 10.0 Å². The fraction of sp³-hybridized carbons (Fsp3) is 0.474. The van der Waals surface area contributed by atoms with Gasteiger partial charge in [-0.1, -0.05) is 31.4 Å². The van der Waals surface area contributed by atoms with Crippen LogP contribution in [0, 0.1) is 0 Å². The van der Waals surface area contributed by atoms with Crippen molar-refractivity contribution in [2.45, 2.75) is 56.4 Å². The number of aromatic nitrogens is 1. The van der Waals surface area contributed by atoms with Crippen LogP contribution in [0.2, 0.25) is 0 Å². The first-order valence-corrected chi connectivity index (χ1v) is 11.2. The molecule has 0 saturated heterocycles. The number of hydrogen-bond donors (Lipinski definition) is 0. The summed E-state index contributed by atoms with van der Waals surface area (Å²) in [4.78, 5) is 16.2. The third kappa shape index (κ3) is 4.22. The summed E-state index contributed by atoms with van der Waals surface area (Å²) in [5, 5.41) is 3.10. The number of rotatable bonds is 6. The molecule has 1 aliphatic rings. The van der Waals surface area contributed by atoms with Crippen LogP contribution >= 0.6 is 11.3 Å². The summed E-state index contributed by atoms with van der Waals surface area (Å²) in [6, 6.07) is 6.06. The maximum atomic E-state index is 12.7. The fourth-order valence-corrected chi connectivity index (χ4v) is 5.41. The average Bonchev–Trinajstić information content (AvgIpc) is 3.11. The van der Waals surface area contributed by atoms with Crippen molar-refractivity contribution >= 4 is 27.1 Å². The molecule has 1 saturated carbocycles. The molecule has 1 fully saturated rings. The van der Waals surface area contributed by atoms with Gasteiger partial charge in [0.05, 0.1) is 22.1 Å². The minimum Gasteiger partial charge on any atom is -0.295 e. The van der Waals surface area contributed by atoms with Gasteiger partial charge in [0.15, 0.2) is 5.78 Å². The minimum absolute atomic E-state index is 0.0833. The maximum absolute atomic E-state index is 12.7. The highest BCUT2D eigenvalue weighted by molar-refractivity contribution is 7.89. The van der Waals surface area contributed by atoms with Crippen molar-refractivity contribution in [3.8, 4) is 0 Å². The summed E-state index contributed by atoms with van der Waals surface area (Å²) < 4.78 is 26.8. The van der Waals surface area contributed by atoms with Crippen molar-refractivity contribution < 1.29 is 13.2 Å². The number of carbonyl (C=O) groups excluding carboxylic acids is 1. The van der Waals surface area contributed by atoms with Crippen LogP contribution in [-0.2, 0) is 16.6 Å². The van der Waals surface area contributed by atoms with Crippen LogP contribution in [0.1, 0.15) is 66.0 Å². The number of benzene rings is 1. The molecule has 1 heterocycles. The lowest BCUT2D eigenvalue weighted by molar-refractivity contribution is 0.101. The van der Waals surface area contributed by atoms with E-state index in [1.165, 1.54) is 55.5 Å². The molecule has 3 rings (SSSR count). The number of Topliss-reactive ketones (excluding diaryl/α,β-unsaturated/α-hetero) is 1. The zero-order chi connectivity index (χ0) is 18.7. The number of carbonyl (C=O) groups is 1. The summed E-state index contributed by atoms with van der Waals surface area (Å²) in [5.74, 6) is 0.448. The van der Waals surface area contributed by atoms with Crippen LogP contribution in [-0.4, -0.2) is 30.5 Å². The first-order chi connectivity index (χ1) is 12.4. The van der Waals surface area contributed by atoms with Gasteiger partial charge in [-0.15, -0.1) is 11.3 Å². The first kappa shape index (κ1) is 19.2. The molecule has 5 nitrogen and oxygen atoms in total. The van der Waals surface area contributed by atoms with Gasteiger partial charge < -0.3 is 0 Å². The molecule has 0 N–H and O–H groups in total. The van der Waals surface area contributed by atoms with Crippen molar-refractivity contribution in [1.29, 1.82) is 0 Å². The van der Waals surface area contributed by atoms with E-state index in [1.807, 2.05) is 5.38 Å². The molecule has 1 aliphatic carbocycles. The van der Waals surface area contributed by atoms with Gasteiger partial charge in [-0.05, 0) is 31.9 Å². The van der Waals surface area contributed by atoms with Crippen LogP contribution in [0.15, 0.2) is 34.5 Å². The Balaban J connectivity index is 1.71. The molecule has 1 aromatic heterocycles. The lowest BCUT2D eigenvalue weighted by atomic mass is 9.90. The molecule has 0 spiro atoms. The Morgan fingerprint density at radius 1 is 1.19 bits per heavy atom. The largest absolute Gasteiger partial charge is 0.295 e. The molecule has 0 atom stereocenters. The van der Waals surface area contributed by atoms with Gasteiger partial charge in [0, 0.05) is 23.9 Å². The molecular formula is C19H24N2O3S2. The van der Waals surface area contributed by atoms with Crippen LogP contribution in [0.4, 0.5) is 0 Å². The van der Waals surface area contributed by atoms with Crippen molar-refractivity contribution in [3.05, 3.63) is 45.9 Å². The lowest BCUT2D eigenvalue weighted by Gasteiger charge is -2.19. The Kier molecular flexibility index (Phi) is 5.89. The van der Waals surface area contributed by atoms with E-state index in [9.17, 15) is 13.2 Å². The smallest absolute Gasteiger partial charge is 0.243 e. The monoisotopic (exact) mass is 392 g/mol. The van der Waals surface area contributed by atoms with Gasteiger partial charge in [0.25, 0.3) is 0 Å². The highest BCUT2D eigenvalue weighted by Crippen LogP contribution is 2.34. The lowest BCUT2D eigenvalue weighted by Crippen LogP contribution is -2.26. The minimum atomic E-state index is -3.61. The van der Waals surface area contributed by atoms with Crippen LogP contribution < -0.4 is 0 Å². The third-order valence-electron chi connectivity index (χ3n) is 4.88. The van der Waals surface area contributed by atoms with Crippen molar-refractivity contribution in [2.24, 2.45) is 0 Å². The van der Waals surface area contributed by atoms with E-state index in [4.69, 9.17) is 0 Å². The summed E-state index contributed by atoms with van der Waals surface area (Å²) in [5.41, 5.74) is 1.30. The maximum Gasteiger partial charge on any atom is 0.243 e. The van der Waals surface area contributed by atoms with Crippen molar-refractivity contribution in [1.82, 2.24) is 9.29 Å². The molecule has 26 heavy (non-hydrogen) atoms. The van der Waals surface area contributed by atoms with Crippen molar-refractivity contribution in [3.63, 3.8) is 0 Å². The van der Waals surface area contributed by atoms with E-state index in [-0.39, 0.29) is 17.2 Å². The highest BCUT2D eigenvalue weighted by atomic mass is 32.2. The molecule has 0 amide bonds. The van der Waals surface area contributed by atoms with Crippen molar-refractivity contribution in [2.75, 3.05) is 7.05 Å². The summed E-state index contributed by atoms with van der Waals surface area (Å²) in [6.07, 6.45) is 6.18. The number of sulfonamides is 1. The number of thiazole rings is 1. The van der Waals surface area contributed by atoms with Gasteiger partial charge in [-0.3, -0.25) is 4.79 Å². The van der Waals surface area contributed by atoms with Gasteiger partial charge in [-0.25, -0.2) is 13.4 Å². The quantitative estimate of drug-likeness (QED) is 0.691. The number of nitrogens with zero attached hydrogens (tertiary/aromatic N) is 2. The molecule has 0 unspecified atom stereocenters. The average molecular weight is 393 g/mol. The highest BCUT2D eigenvalue weighted by Gasteiger charge is 2.23. The van der Waals surface area contributed by atoms with E-state index >= 15 is 0 Å². The fourth-order valence-electron chi connectivity index (χ4n) is 3.29.